The third-order valence-corrected chi connectivity index (χ3v) is 7.39. The second-order valence-corrected chi connectivity index (χ2v) is 11.8. The molecule has 1 aromatic heterocycles. The molecule has 8 nitrogen and oxygen atoms in total. The lowest BCUT2D eigenvalue weighted by molar-refractivity contribution is -0.133. The predicted octanol–water partition coefficient (Wildman–Crippen LogP) is 4.37. The lowest BCUT2D eigenvalue weighted by atomic mass is 9.89. The summed E-state index contributed by atoms with van der Waals surface area (Å²) in [7, 11) is 0. The van der Waals surface area contributed by atoms with Gasteiger partial charge in [0.2, 0.25) is 11.8 Å². The average molecular weight is 510 g/mol. The number of ether oxygens (including phenoxy) is 1. The number of para-hydroxylation sites is 1. The summed E-state index contributed by atoms with van der Waals surface area (Å²) in [6, 6.07) is 8.89. The molecule has 3 aliphatic rings. The van der Waals surface area contributed by atoms with Gasteiger partial charge in [0, 0.05) is 42.3 Å². The van der Waals surface area contributed by atoms with Crippen molar-refractivity contribution in [3.05, 3.63) is 58.9 Å². The molecule has 1 aromatic carbocycles. The monoisotopic (exact) mass is 509 g/mol. The van der Waals surface area contributed by atoms with E-state index in [1.165, 1.54) is 11.1 Å². The molecule has 1 saturated heterocycles. The van der Waals surface area contributed by atoms with Crippen molar-refractivity contribution in [3.63, 3.8) is 0 Å². The Hall–Kier alpha value is -3.13. The summed E-state index contributed by atoms with van der Waals surface area (Å²) in [5, 5.41) is 15.4. The van der Waals surface area contributed by atoms with Crippen molar-refractivity contribution in [3.8, 4) is 5.75 Å². The maximum absolute atomic E-state index is 13.5. The molecule has 2 aromatic rings. The van der Waals surface area contributed by atoms with Crippen molar-refractivity contribution >= 4 is 29.4 Å². The van der Waals surface area contributed by atoms with Gasteiger partial charge in [-0.2, -0.15) is 0 Å². The van der Waals surface area contributed by atoms with Gasteiger partial charge in [0.1, 0.15) is 11.4 Å². The van der Waals surface area contributed by atoms with Gasteiger partial charge in [-0.3, -0.25) is 24.9 Å². The van der Waals surface area contributed by atoms with E-state index in [1.54, 1.807) is 12.3 Å². The fourth-order valence-corrected chi connectivity index (χ4v) is 5.74. The first-order chi connectivity index (χ1) is 16.9. The molecular weight excluding hydrogens is 478 g/mol. The van der Waals surface area contributed by atoms with Gasteiger partial charge in [-0.15, -0.1) is 0 Å². The van der Waals surface area contributed by atoms with E-state index < -0.39 is 17.2 Å². The third-order valence-electron chi connectivity index (χ3n) is 7.18. The van der Waals surface area contributed by atoms with Gasteiger partial charge in [0.15, 0.2) is 5.96 Å². The first kappa shape index (κ1) is 24.6. The number of hydrogen-bond acceptors (Lipinski definition) is 5. The number of aromatic nitrogens is 1. The van der Waals surface area contributed by atoms with Crippen LogP contribution >= 0.6 is 11.6 Å². The van der Waals surface area contributed by atoms with E-state index >= 15 is 0 Å². The number of guanidine groups is 1. The number of pyridine rings is 1. The number of halogens is 1. The maximum Gasteiger partial charge on any atom is 0.232 e. The summed E-state index contributed by atoms with van der Waals surface area (Å²) < 4.78 is 6.11. The normalized spacial score (nSPS) is 26.8. The summed E-state index contributed by atoms with van der Waals surface area (Å²) in [4.78, 5) is 32.4. The van der Waals surface area contributed by atoms with Crippen molar-refractivity contribution in [1.82, 2.24) is 20.5 Å². The highest BCUT2D eigenvalue weighted by atomic mass is 35.5. The number of nitrogens with zero attached hydrogens (tertiary/aromatic N) is 2. The second-order valence-electron chi connectivity index (χ2n) is 11.4. The standard InChI is InChI=1S/C27H32ClN5O3/c1-26(2)12-22(34)33(25(29)32-26)23(15-9-16(28)14-30-13-15)18-10-19(18)24(35)31-20-11-27(3,4)36-21-8-6-5-7-17(20)21/h5-9,13-14,18-20,23H,10-12H2,1-4H3,(H2,29,32)(H,31,35)/t18-,19-,20+,23-/m1/s1. The quantitative estimate of drug-likeness (QED) is 0.555. The largest absolute Gasteiger partial charge is 0.487 e. The average Bonchev–Trinajstić information content (AvgIpc) is 3.55. The zero-order valence-corrected chi connectivity index (χ0v) is 21.7. The van der Waals surface area contributed by atoms with E-state index in [2.05, 4.69) is 15.6 Å². The third kappa shape index (κ3) is 4.78. The molecule has 36 heavy (non-hydrogen) atoms. The zero-order valence-electron chi connectivity index (χ0n) is 21.0. The summed E-state index contributed by atoms with van der Waals surface area (Å²) in [5.41, 5.74) is 0.779. The van der Waals surface area contributed by atoms with Crippen molar-refractivity contribution in [2.75, 3.05) is 0 Å². The highest BCUT2D eigenvalue weighted by molar-refractivity contribution is 6.30. The Labute approximate surface area is 216 Å². The van der Waals surface area contributed by atoms with Crippen molar-refractivity contribution in [1.29, 1.82) is 5.41 Å². The number of hydrogen-bond donors (Lipinski definition) is 3. The number of carbonyl (C=O) groups is 2. The van der Waals surface area contributed by atoms with E-state index in [0.29, 0.717) is 17.9 Å². The first-order valence-corrected chi connectivity index (χ1v) is 12.7. The molecule has 3 N–H and O–H groups in total. The second kappa shape index (κ2) is 8.76. The maximum atomic E-state index is 13.5. The van der Waals surface area contributed by atoms with Crippen LogP contribution in [0.15, 0.2) is 42.7 Å². The Morgan fingerprint density at radius 3 is 2.75 bits per heavy atom. The van der Waals surface area contributed by atoms with E-state index in [9.17, 15) is 9.59 Å². The molecule has 2 fully saturated rings. The molecule has 0 bridgehead atoms. The van der Waals surface area contributed by atoms with Crippen LogP contribution in [0.2, 0.25) is 5.02 Å². The van der Waals surface area contributed by atoms with Crippen molar-refractivity contribution in [2.45, 2.75) is 70.2 Å². The summed E-state index contributed by atoms with van der Waals surface area (Å²) in [6.07, 6.45) is 4.72. The SMILES string of the molecule is CC1(C)CC(=O)N([C@H](c2cncc(Cl)c2)[C@@H]2C[C@H]2C(=O)N[C@H]2CC(C)(C)Oc3ccccc32)C(=N)N1. The van der Waals surface area contributed by atoms with E-state index in [1.807, 2.05) is 52.0 Å². The van der Waals surface area contributed by atoms with Gasteiger partial charge in [-0.25, -0.2) is 0 Å². The minimum absolute atomic E-state index is 0.0346. The molecule has 0 spiro atoms. The highest BCUT2D eigenvalue weighted by Gasteiger charge is 2.54. The van der Waals surface area contributed by atoms with Gasteiger partial charge in [-0.05, 0) is 57.7 Å². The summed E-state index contributed by atoms with van der Waals surface area (Å²) in [6.45, 7) is 7.83. The van der Waals surface area contributed by atoms with E-state index in [4.69, 9.17) is 21.7 Å². The van der Waals surface area contributed by atoms with Gasteiger partial charge in [0.25, 0.3) is 0 Å². The van der Waals surface area contributed by atoms with Gasteiger partial charge in [0.05, 0.1) is 17.1 Å². The Bertz CT molecular complexity index is 1210. The first-order valence-electron chi connectivity index (χ1n) is 12.3. The minimum atomic E-state index is -0.509. The highest BCUT2D eigenvalue weighted by Crippen LogP contribution is 2.51. The van der Waals surface area contributed by atoms with Crippen LogP contribution in [0.1, 0.15) is 70.2 Å². The van der Waals surface area contributed by atoms with Crippen LogP contribution in [0.5, 0.6) is 5.75 Å². The van der Waals surface area contributed by atoms with Crippen LogP contribution < -0.4 is 15.4 Å². The molecular formula is C27H32ClN5O3. The van der Waals surface area contributed by atoms with Crippen LogP contribution in [-0.2, 0) is 9.59 Å². The molecule has 5 rings (SSSR count). The Morgan fingerprint density at radius 1 is 1.28 bits per heavy atom. The molecule has 9 heteroatoms. The molecule has 4 atom stereocenters. The van der Waals surface area contributed by atoms with Crippen LogP contribution in [0.4, 0.5) is 0 Å². The van der Waals surface area contributed by atoms with Gasteiger partial charge >= 0.3 is 0 Å². The minimum Gasteiger partial charge on any atom is -0.487 e. The van der Waals surface area contributed by atoms with Crippen LogP contribution in [0.25, 0.3) is 0 Å². The molecule has 3 heterocycles. The number of carbonyl (C=O) groups excluding carboxylic acids is 2. The van der Waals surface area contributed by atoms with Gasteiger partial charge in [-0.1, -0.05) is 29.8 Å². The Kier molecular flexibility index (Phi) is 5.98. The summed E-state index contributed by atoms with van der Waals surface area (Å²) >= 11 is 6.25. The predicted molar refractivity (Wildman–Crippen MR) is 137 cm³/mol. The summed E-state index contributed by atoms with van der Waals surface area (Å²) in [5.74, 6) is 0.174. The molecule has 190 valence electrons. The topological polar surface area (TPSA) is 107 Å². The number of fused-ring (bicyclic) bond motifs is 1. The van der Waals surface area contributed by atoms with E-state index in [0.717, 1.165) is 16.9 Å². The van der Waals surface area contributed by atoms with Gasteiger partial charge < -0.3 is 15.4 Å². The smallest absolute Gasteiger partial charge is 0.232 e. The number of nitrogens with one attached hydrogen (secondary N) is 3. The lowest BCUT2D eigenvalue weighted by Crippen LogP contribution is -2.60. The molecule has 2 aliphatic heterocycles. The Morgan fingerprint density at radius 2 is 2.03 bits per heavy atom. The number of rotatable bonds is 5. The molecule has 1 saturated carbocycles. The number of benzene rings is 1. The number of amides is 2. The zero-order chi connectivity index (χ0) is 25.8. The fraction of sp³-hybridized carbons (Fsp3) is 0.481. The van der Waals surface area contributed by atoms with Crippen LogP contribution in [0, 0.1) is 17.2 Å². The van der Waals surface area contributed by atoms with Crippen molar-refractivity contribution in [2.24, 2.45) is 11.8 Å². The molecule has 2 amide bonds. The van der Waals surface area contributed by atoms with Crippen LogP contribution in [0.3, 0.4) is 0 Å². The van der Waals surface area contributed by atoms with Crippen molar-refractivity contribution < 1.29 is 14.3 Å². The Balaban J connectivity index is 1.39. The van der Waals surface area contributed by atoms with E-state index in [-0.39, 0.29) is 42.1 Å². The lowest BCUT2D eigenvalue weighted by Gasteiger charge is -2.42. The fourth-order valence-electron chi connectivity index (χ4n) is 5.56. The van der Waals surface area contributed by atoms with Crippen LogP contribution in [-0.4, -0.2) is 38.8 Å². The molecule has 1 aliphatic carbocycles. The molecule has 0 radical (unpaired) electrons. The molecule has 0 unspecified atom stereocenters.